The van der Waals surface area contributed by atoms with Gasteiger partial charge in [-0.15, -0.1) is 0 Å². The monoisotopic (exact) mass is 637 g/mol. The van der Waals surface area contributed by atoms with Gasteiger partial charge in [-0.1, -0.05) is 37.3 Å². The van der Waals surface area contributed by atoms with Crippen LogP contribution in [0.5, 0.6) is 5.75 Å². The average molecular weight is 638 g/mol. The lowest BCUT2D eigenvalue weighted by Crippen LogP contribution is -2.49. The normalized spacial score (nSPS) is 16.8. The number of anilines is 3. The van der Waals surface area contributed by atoms with Crippen molar-refractivity contribution in [1.29, 1.82) is 0 Å². The van der Waals surface area contributed by atoms with Gasteiger partial charge in [-0.2, -0.15) is 0 Å². The quantitative estimate of drug-likeness (QED) is 0.189. The highest BCUT2D eigenvalue weighted by Crippen LogP contribution is 2.35. The van der Waals surface area contributed by atoms with E-state index in [2.05, 4.69) is 25.5 Å². The van der Waals surface area contributed by atoms with Gasteiger partial charge in [-0.05, 0) is 55.9 Å². The molecule has 0 saturated carbocycles. The fourth-order valence-corrected chi connectivity index (χ4v) is 5.41. The summed E-state index contributed by atoms with van der Waals surface area (Å²) < 4.78 is 6.61. The molecule has 0 saturated heterocycles. The molecule has 3 aromatic carbocycles. The maximum absolute atomic E-state index is 13.8. The fraction of sp³-hybridized carbons (Fsp3) is 0.286. The Morgan fingerprint density at radius 3 is 2.47 bits per heavy atom. The molecule has 0 spiro atoms. The van der Waals surface area contributed by atoms with Gasteiger partial charge in [-0.3, -0.25) is 24.3 Å². The van der Waals surface area contributed by atoms with Gasteiger partial charge in [0.05, 0.1) is 41.5 Å². The Morgan fingerprint density at radius 2 is 1.77 bits per heavy atom. The summed E-state index contributed by atoms with van der Waals surface area (Å²) in [5.74, 6) is -0.921. The van der Waals surface area contributed by atoms with Crippen LogP contribution in [0.15, 0.2) is 85.3 Å². The number of carbonyl (C=O) groups is 3. The number of nitrogens with one attached hydrogen (secondary N) is 2. The minimum absolute atomic E-state index is 0.121. The topological polar surface area (TPSA) is 163 Å². The number of aromatic nitrogens is 2. The van der Waals surface area contributed by atoms with Gasteiger partial charge in [0.1, 0.15) is 11.8 Å². The van der Waals surface area contributed by atoms with Gasteiger partial charge in [-0.25, -0.2) is 4.98 Å². The van der Waals surface area contributed by atoms with Gasteiger partial charge in [0.25, 0.3) is 17.7 Å². The van der Waals surface area contributed by atoms with Crippen molar-refractivity contribution in [1.82, 2.24) is 19.8 Å². The number of fused-ring (bicyclic) bond motifs is 1. The molecule has 47 heavy (non-hydrogen) atoms. The lowest BCUT2D eigenvalue weighted by molar-refractivity contribution is 0.0343. The van der Waals surface area contributed by atoms with Gasteiger partial charge in [0, 0.05) is 43.5 Å². The number of aliphatic hydroxyl groups is 1. The minimum Gasteiger partial charge on any atom is -0.486 e. The van der Waals surface area contributed by atoms with Crippen LogP contribution in [0.3, 0.4) is 0 Å². The van der Waals surface area contributed by atoms with Crippen molar-refractivity contribution in [2.75, 3.05) is 43.1 Å². The summed E-state index contributed by atoms with van der Waals surface area (Å²) in [5, 5.41) is 15.7. The smallest absolute Gasteiger partial charge is 0.275 e. The van der Waals surface area contributed by atoms with E-state index >= 15 is 0 Å². The predicted molar refractivity (Wildman–Crippen MR) is 179 cm³/mol. The Labute approximate surface area is 273 Å². The number of likely N-dealkylation sites (N-methyl/N-ethyl adjacent to an activating group) is 1. The Morgan fingerprint density at radius 1 is 1.04 bits per heavy atom. The predicted octanol–water partition coefficient (Wildman–Crippen LogP) is 3.92. The molecular weight excluding hydrogens is 598 g/mol. The third-order valence-electron chi connectivity index (χ3n) is 8.10. The molecule has 1 aromatic heterocycles. The first-order chi connectivity index (χ1) is 22.6. The molecule has 0 bridgehead atoms. The Bertz CT molecular complexity index is 1720. The molecule has 12 heteroatoms. The van der Waals surface area contributed by atoms with Crippen LogP contribution in [0, 0.1) is 5.92 Å². The zero-order valence-corrected chi connectivity index (χ0v) is 26.6. The van der Waals surface area contributed by atoms with Gasteiger partial charge in [0.2, 0.25) is 0 Å². The highest BCUT2D eigenvalue weighted by Gasteiger charge is 2.34. The van der Waals surface area contributed by atoms with E-state index in [1.54, 1.807) is 60.4 Å². The van der Waals surface area contributed by atoms with Crippen molar-refractivity contribution in [2.45, 2.75) is 32.5 Å². The summed E-state index contributed by atoms with van der Waals surface area (Å²) in [7, 11) is 1.97. The molecular formula is C35H39N7O5. The number of nitrogen functional groups attached to an aromatic ring is 1. The molecule has 2 heterocycles. The standard InChI is InChI=1S/C35H39N7O5/c1-22-18-42(23(2)21-43)35(46)26-7-6-10-29(40-34(45)30-17-37-15-16-38-30)32(26)47-31(22)20-41(3)19-24-11-13-25(14-12-24)33(44)39-28-9-5-4-8-27(28)36/h4-17,22-23,31,43H,18-21,36H2,1-3H3,(H,39,44)(H,40,45)/t22-,23-,31-/m0/s1. The second kappa shape index (κ2) is 14.8. The van der Waals surface area contributed by atoms with Crippen LogP contribution >= 0.6 is 0 Å². The zero-order chi connectivity index (χ0) is 33.5. The van der Waals surface area contributed by atoms with E-state index in [-0.39, 0.29) is 41.3 Å². The van der Waals surface area contributed by atoms with Crippen LogP contribution < -0.4 is 21.1 Å². The molecule has 5 rings (SSSR count). The molecule has 1 aliphatic heterocycles. The first-order valence-electron chi connectivity index (χ1n) is 15.4. The second-order valence-corrected chi connectivity index (χ2v) is 11.8. The van der Waals surface area contributed by atoms with Crippen molar-refractivity contribution < 1.29 is 24.2 Å². The SMILES string of the molecule is C[C@H]1CN([C@@H](C)CO)C(=O)c2cccc(NC(=O)c3cnccn3)c2O[C@H]1CN(C)Cc1ccc(C(=O)Nc2ccccc2N)cc1. The van der Waals surface area contributed by atoms with E-state index in [9.17, 15) is 19.5 Å². The number of hydrogen-bond donors (Lipinski definition) is 4. The van der Waals surface area contributed by atoms with E-state index in [0.29, 0.717) is 42.3 Å². The van der Waals surface area contributed by atoms with Gasteiger partial charge >= 0.3 is 0 Å². The van der Waals surface area contributed by atoms with Crippen molar-refractivity contribution in [3.8, 4) is 5.75 Å². The van der Waals surface area contributed by atoms with Crippen molar-refractivity contribution in [2.24, 2.45) is 5.92 Å². The molecule has 0 fully saturated rings. The molecule has 0 aliphatic carbocycles. The van der Waals surface area contributed by atoms with E-state index in [1.807, 2.05) is 32.2 Å². The molecule has 5 N–H and O–H groups in total. The zero-order valence-electron chi connectivity index (χ0n) is 26.6. The highest BCUT2D eigenvalue weighted by molar-refractivity contribution is 6.06. The molecule has 1 aliphatic rings. The highest BCUT2D eigenvalue weighted by atomic mass is 16.5. The molecule has 3 atom stereocenters. The summed E-state index contributed by atoms with van der Waals surface area (Å²) in [5.41, 5.74) is 9.24. The number of hydrogen-bond acceptors (Lipinski definition) is 9. The van der Waals surface area contributed by atoms with E-state index in [4.69, 9.17) is 10.5 Å². The lowest BCUT2D eigenvalue weighted by atomic mass is 9.98. The van der Waals surface area contributed by atoms with Crippen molar-refractivity contribution >= 4 is 34.8 Å². The molecule has 12 nitrogen and oxygen atoms in total. The Hall–Kier alpha value is -5.33. The van der Waals surface area contributed by atoms with Crippen molar-refractivity contribution in [3.05, 3.63) is 108 Å². The van der Waals surface area contributed by atoms with Gasteiger partial charge < -0.3 is 31.1 Å². The van der Waals surface area contributed by atoms with Crippen LogP contribution in [-0.4, -0.2) is 81.5 Å². The molecule has 0 radical (unpaired) electrons. The van der Waals surface area contributed by atoms with Crippen LogP contribution in [0.25, 0.3) is 0 Å². The van der Waals surface area contributed by atoms with E-state index in [1.165, 1.54) is 18.6 Å². The van der Waals surface area contributed by atoms with Crippen LogP contribution in [0.4, 0.5) is 17.1 Å². The number of rotatable bonds is 10. The summed E-state index contributed by atoms with van der Waals surface area (Å²) in [6.07, 6.45) is 3.87. The number of benzene rings is 3. The number of aliphatic hydroxyl groups excluding tert-OH is 1. The summed E-state index contributed by atoms with van der Waals surface area (Å²) in [4.78, 5) is 51.4. The first kappa shape index (κ1) is 33.0. The number of para-hydroxylation sites is 3. The molecule has 3 amide bonds. The number of nitrogens with zero attached hydrogens (tertiary/aromatic N) is 4. The minimum atomic E-state index is -0.490. The third-order valence-corrected chi connectivity index (χ3v) is 8.10. The summed E-state index contributed by atoms with van der Waals surface area (Å²) >= 11 is 0. The largest absolute Gasteiger partial charge is 0.486 e. The Kier molecular flexibility index (Phi) is 10.4. The maximum atomic E-state index is 13.8. The molecule has 4 aromatic rings. The molecule has 244 valence electrons. The van der Waals surface area contributed by atoms with E-state index < -0.39 is 18.1 Å². The summed E-state index contributed by atoms with van der Waals surface area (Å²) in [6.45, 7) is 5.01. The fourth-order valence-electron chi connectivity index (χ4n) is 5.41. The van der Waals surface area contributed by atoms with Crippen molar-refractivity contribution in [3.63, 3.8) is 0 Å². The molecule has 0 unspecified atom stereocenters. The number of carbonyl (C=O) groups excluding carboxylic acids is 3. The maximum Gasteiger partial charge on any atom is 0.275 e. The van der Waals surface area contributed by atoms with Crippen LogP contribution in [-0.2, 0) is 6.54 Å². The third kappa shape index (κ3) is 7.91. The van der Waals surface area contributed by atoms with Crippen LogP contribution in [0.2, 0.25) is 0 Å². The lowest BCUT2D eigenvalue weighted by Gasteiger charge is -2.38. The second-order valence-electron chi connectivity index (χ2n) is 11.8. The summed E-state index contributed by atoms with van der Waals surface area (Å²) in [6, 6.07) is 19.0. The number of amides is 3. The number of nitrogens with two attached hydrogens (primary N) is 1. The number of ether oxygens (including phenoxy) is 1. The first-order valence-corrected chi connectivity index (χ1v) is 15.4. The van der Waals surface area contributed by atoms with E-state index in [0.717, 1.165) is 5.56 Å². The Balaban J connectivity index is 1.34. The van der Waals surface area contributed by atoms with Crippen LogP contribution in [0.1, 0.15) is 50.6 Å². The van der Waals surface area contributed by atoms with Gasteiger partial charge in [0.15, 0.2) is 5.75 Å². The average Bonchev–Trinajstić information content (AvgIpc) is 3.08.